The highest BCUT2D eigenvalue weighted by molar-refractivity contribution is 8.27. The van der Waals surface area contributed by atoms with Crippen LogP contribution in [0.15, 0.2) is 65.6 Å². The standard InChI is InChI=1S/C27H22ClFN2O4S2/c1-3-34-23-12-17(13-24-26(33)31(27(36)37-24)20-9-6-18(29)7-10-20)5-11-22(23)35-15-25(32)30-19-8-4-16(2)21(28)14-19/h4-14H,3,15H2,1-2H3,(H,30,32)/b24-13-. The van der Waals surface area contributed by atoms with Gasteiger partial charge in [-0.05, 0) is 79.6 Å². The molecule has 3 aromatic rings. The van der Waals surface area contributed by atoms with Crippen molar-refractivity contribution in [1.82, 2.24) is 0 Å². The minimum atomic E-state index is -0.396. The molecule has 3 aromatic carbocycles. The van der Waals surface area contributed by atoms with Gasteiger partial charge in [0.25, 0.3) is 11.8 Å². The zero-order chi connectivity index (χ0) is 26.5. The van der Waals surface area contributed by atoms with Gasteiger partial charge in [0.1, 0.15) is 5.82 Å². The molecule has 0 aromatic heterocycles. The molecule has 1 heterocycles. The molecule has 0 radical (unpaired) electrons. The lowest BCUT2D eigenvalue weighted by Gasteiger charge is -2.14. The number of thioether (sulfide) groups is 1. The number of carbonyl (C=O) groups excluding carboxylic acids is 2. The van der Waals surface area contributed by atoms with E-state index in [9.17, 15) is 14.0 Å². The molecule has 0 aliphatic carbocycles. The number of rotatable bonds is 8. The summed E-state index contributed by atoms with van der Waals surface area (Å²) in [5.74, 6) is -0.234. The summed E-state index contributed by atoms with van der Waals surface area (Å²) in [5, 5.41) is 3.30. The maximum Gasteiger partial charge on any atom is 0.270 e. The van der Waals surface area contributed by atoms with E-state index in [1.165, 1.54) is 29.2 Å². The third kappa shape index (κ3) is 6.49. The van der Waals surface area contributed by atoms with Crippen molar-refractivity contribution in [2.45, 2.75) is 13.8 Å². The lowest BCUT2D eigenvalue weighted by Crippen LogP contribution is -2.27. The maximum atomic E-state index is 13.3. The Balaban J connectivity index is 1.46. The van der Waals surface area contributed by atoms with Crippen LogP contribution in [0.1, 0.15) is 18.1 Å². The number of hydrogen-bond acceptors (Lipinski definition) is 6. The number of hydrogen-bond donors (Lipinski definition) is 1. The third-order valence-electron chi connectivity index (χ3n) is 5.26. The third-order valence-corrected chi connectivity index (χ3v) is 6.97. The lowest BCUT2D eigenvalue weighted by molar-refractivity contribution is -0.118. The summed E-state index contributed by atoms with van der Waals surface area (Å²) in [4.78, 5) is 27.2. The quantitative estimate of drug-likeness (QED) is 0.249. The van der Waals surface area contributed by atoms with Crippen LogP contribution in [0.25, 0.3) is 6.08 Å². The Bertz CT molecular complexity index is 1400. The molecule has 4 rings (SSSR count). The summed E-state index contributed by atoms with van der Waals surface area (Å²) in [7, 11) is 0. The fourth-order valence-electron chi connectivity index (χ4n) is 3.44. The van der Waals surface area contributed by atoms with Crippen LogP contribution in [0.5, 0.6) is 11.5 Å². The Morgan fingerprint density at radius 1 is 1.11 bits per heavy atom. The van der Waals surface area contributed by atoms with E-state index < -0.39 is 5.82 Å². The first-order valence-corrected chi connectivity index (χ1v) is 12.8. The zero-order valence-electron chi connectivity index (χ0n) is 19.9. The summed E-state index contributed by atoms with van der Waals surface area (Å²) in [6, 6.07) is 16.0. The SMILES string of the molecule is CCOc1cc(/C=C2\SC(=S)N(c3ccc(F)cc3)C2=O)ccc1OCC(=O)Nc1ccc(C)c(Cl)c1. The van der Waals surface area contributed by atoms with Crippen LogP contribution in [-0.4, -0.2) is 29.3 Å². The largest absolute Gasteiger partial charge is 0.490 e. The average molecular weight is 557 g/mol. The van der Waals surface area contributed by atoms with Gasteiger partial charge in [-0.15, -0.1) is 0 Å². The molecule has 1 aliphatic rings. The molecule has 0 unspecified atom stereocenters. The van der Waals surface area contributed by atoms with Crippen molar-refractivity contribution in [3.05, 3.63) is 87.5 Å². The van der Waals surface area contributed by atoms with Crippen LogP contribution in [0, 0.1) is 12.7 Å². The molecule has 0 atom stereocenters. The number of benzene rings is 3. The monoisotopic (exact) mass is 556 g/mol. The fourth-order valence-corrected chi connectivity index (χ4v) is 4.92. The van der Waals surface area contributed by atoms with Gasteiger partial charge >= 0.3 is 0 Å². The molecular formula is C27H22ClFN2O4S2. The number of amides is 2. The summed E-state index contributed by atoms with van der Waals surface area (Å²) in [6.07, 6.45) is 1.70. The van der Waals surface area contributed by atoms with Gasteiger partial charge in [-0.1, -0.05) is 47.7 Å². The second-order valence-corrected chi connectivity index (χ2v) is 10.0. The number of ether oxygens (including phenoxy) is 2. The first-order valence-electron chi connectivity index (χ1n) is 11.2. The van der Waals surface area contributed by atoms with E-state index in [1.807, 2.05) is 19.9 Å². The molecule has 1 aliphatic heterocycles. The highest BCUT2D eigenvalue weighted by Gasteiger charge is 2.33. The van der Waals surface area contributed by atoms with E-state index in [1.54, 1.807) is 36.4 Å². The van der Waals surface area contributed by atoms with Crippen molar-refractivity contribution >= 4 is 69.2 Å². The van der Waals surface area contributed by atoms with E-state index in [-0.39, 0.29) is 18.4 Å². The molecule has 10 heteroatoms. The van der Waals surface area contributed by atoms with Gasteiger partial charge in [0.15, 0.2) is 22.4 Å². The van der Waals surface area contributed by atoms with Crippen molar-refractivity contribution in [3.8, 4) is 11.5 Å². The van der Waals surface area contributed by atoms with Gasteiger partial charge in [-0.2, -0.15) is 0 Å². The molecular weight excluding hydrogens is 535 g/mol. The van der Waals surface area contributed by atoms with Crippen LogP contribution in [-0.2, 0) is 9.59 Å². The number of aryl methyl sites for hydroxylation is 1. The predicted molar refractivity (Wildman–Crippen MR) is 150 cm³/mol. The van der Waals surface area contributed by atoms with Crippen LogP contribution in [0.3, 0.4) is 0 Å². The first kappa shape index (κ1) is 26.7. The van der Waals surface area contributed by atoms with E-state index in [0.717, 1.165) is 17.3 Å². The van der Waals surface area contributed by atoms with Gasteiger partial charge in [0.2, 0.25) is 0 Å². The van der Waals surface area contributed by atoms with Crippen molar-refractivity contribution in [3.63, 3.8) is 0 Å². The van der Waals surface area contributed by atoms with Crippen molar-refractivity contribution in [1.29, 1.82) is 0 Å². The minimum absolute atomic E-state index is 0.235. The number of carbonyl (C=O) groups is 2. The molecule has 0 saturated carbocycles. The molecule has 190 valence electrons. The van der Waals surface area contributed by atoms with E-state index in [0.29, 0.717) is 49.3 Å². The van der Waals surface area contributed by atoms with Crippen molar-refractivity contribution < 1.29 is 23.5 Å². The molecule has 0 bridgehead atoms. The highest BCUT2D eigenvalue weighted by Crippen LogP contribution is 2.37. The Morgan fingerprint density at radius 3 is 2.57 bits per heavy atom. The lowest BCUT2D eigenvalue weighted by atomic mass is 10.1. The Morgan fingerprint density at radius 2 is 1.86 bits per heavy atom. The summed E-state index contributed by atoms with van der Waals surface area (Å²) in [5.41, 5.74) is 2.67. The zero-order valence-corrected chi connectivity index (χ0v) is 22.3. The predicted octanol–water partition coefficient (Wildman–Crippen LogP) is 6.61. The number of nitrogens with zero attached hydrogens (tertiary/aromatic N) is 1. The minimum Gasteiger partial charge on any atom is -0.490 e. The molecule has 6 nitrogen and oxygen atoms in total. The summed E-state index contributed by atoms with van der Waals surface area (Å²) < 4.78 is 25.1. The average Bonchev–Trinajstić information content (AvgIpc) is 3.14. The van der Waals surface area contributed by atoms with Gasteiger partial charge < -0.3 is 14.8 Å². The van der Waals surface area contributed by atoms with Crippen LogP contribution in [0.2, 0.25) is 5.02 Å². The maximum absolute atomic E-state index is 13.3. The number of anilines is 2. The van der Waals surface area contributed by atoms with Crippen molar-refractivity contribution in [2.24, 2.45) is 0 Å². The van der Waals surface area contributed by atoms with E-state index >= 15 is 0 Å². The second-order valence-electron chi connectivity index (χ2n) is 7.93. The van der Waals surface area contributed by atoms with E-state index in [4.69, 9.17) is 33.3 Å². The van der Waals surface area contributed by atoms with Crippen LogP contribution < -0.4 is 19.7 Å². The van der Waals surface area contributed by atoms with Gasteiger partial charge in [0, 0.05) is 10.7 Å². The van der Waals surface area contributed by atoms with Gasteiger partial charge in [-0.25, -0.2) is 4.39 Å². The highest BCUT2D eigenvalue weighted by atomic mass is 35.5. The van der Waals surface area contributed by atoms with Gasteiger partial charge in [0.05, 0.1) is 17.2 Å². The fraction of sp³-hybridized carbons (Fsp3) is 0.148. The van der Waals surface area contributed by atoms with E-state index in [2.05, 4.69) is 5.32 Å². The Hall–Kier alpha value is -3.40. The number of halogens is 2. The topological polar surface area (TPSA) is 67.9 Å². The first-order chi connectivity index (χ1) is 17.7. The second kappa shape index (κ2) is 11.8. The molecule has 2 amide bonds. The normalized spacial score (nSPS) is 14.3. The van der Waals surface area contributed by atoms with Crippen LogP contribution >= 0.6 is 35.6 Å². The molecule has 37 heavy (non-hydrogen) atoms. The molecule has 1 saturated heterocycles. The van der Waals surface area contributed by atoms with Crippen molar-refractivity contribution in [2.75, 3.05) is 23.4 Å². The summed E-state index contributed by atoms with van der Waals surface area (Å²) in [6.45, 7) is 3.85. The molecule has 1 N–H and O–H groups in total. The smallest absolute Gasteiger partial charge is 0.270 e. The molecule has 0 spiro atoms. The van der Waals surface area contributed by atoms with Gasteiger partial charge in [-0.3, -0.25) is 14.5 Å². The number of thiocarbonyl (C=S) groups is 1. The summed E-state index contributed by atoms with van der Waals surface area (Å²) >= 11 is 12.6. The van der Waals surface area contributed by atoms with Crippen LogP contribution in [0.4, 0.5) is 15.8 Å². The Kier molecular flexibility index (Phi) is 8.48. The number of nitrogens with one attached hydrogen (secondary N) is 1. The molecule has 1 fully saturated rings. The Labute approximate surface area is 228 Å².